The fraction of sp³-hybridized carbons (Fsp3) is 0.458. The number of nitrogens with zero attached hydrogens (tertiary/aromatic N) is 1. The number of rotatable bonds is 8. The van der Waals surface area contributed by atoms with Crippen molar-refractivity contribution >= 4 is 11.6 Å². The first kappa shape index (κ1) is 20.5. The van der Waals surface area contributed by atoms with Gasteiger partial charge in [0.25, 0.3) is 0 Å². The molecule has 0 bridgehead atoms. The third kappa shape index (κ3) is 5.45. The van der Waals surface area contributed by atoms with Crippen LogP contribution in [-0.4, -0.2) is 43.8 Å². The zero-order chi connectivity index (χ0) is 20.8. The Hall–Kier alpha value is -2.73. The molecule has 0 aliphatic carbocycles. The predicted molar refractivity (Wildman–Crippen MR) is 116 cm³/mol. The van der Waals surface area contributed by atoms with Crippen LogP contribution in [0.5, 0.6) is 17.2 Å². The van der Waals surface area contributed by atoms with E-state index in [9.17, 15) is 4.79 Å². The van der Waals surface area contributed by atoms with Crippen LogP contribution in [0.2, 0.25) is 0 Å². The molecule has 1 N–H and O–H groups in total. The van der Waals surface area contributed by atoms with Crippen molar-refractivity contribution in [2.45, 2.75) is 32.6 Å². The molecular weight excluding hydrogens is 380 g/mol. The van der Waals surface area contributed by atoms with E-state index >= 15 is 0 Å². The first-order valence-electron chi connectivity index (χ1n) is 10.8. The molecule has 1 saturated heterocycles. The molecule has 2 heterocycles. The van der Waals surface area contributed by atoms with Crippen LogP contribution in [0.4, 0.5) is 5.69 Å². The van der Waals surface area contributed by atoms with Crippen LogP contribution < -0.4 is 19.5 Å². The molecule has 2 aromatic carbocycles. The number of carbonyl (C=O) groups excluding carboxylic acids is 1. The van der Waals surface area contributed by atoms with Crippen LogP contribution in [-0.2, 0) is 11.2 Å². The lowest BCUT2D eigenvalue weighted by Crippen LogP contribution is -2.39. The summed E-state index contributed by atoms with van der Waals surface area (Å²) in [5.74, 6) is 3.08. The SMILES string of the molecule is CCOc1ccc(CCC2CCN(CC(=O)Nc3ccc4c(c3)OCO4)CC2)cc1. The smallest absolute Gasteiger partial charge is 0.238 e. The molecule has 6 nitrogen and oxygen atoms in total. The summed E-state index contributed by atoms with van der Waals surface area (Å²) in [6.07, 6.45) is 4.59. The maximum Gasteiger partial charge on any atom is 0.238 e. The van der Waals surface area contributed by atoms with Gasteiger partial charge in [-0.1, -0.05) is 12.1 Å². The highest BCUT2D eigenvalue weighted by Gasteiger charge is 2.21. The van der Waals surface area contributed by atoms with Gasteiger partial charge in [0.1, 0.15) is 5.75 Å². The maximum atomic E-state index is 12.4. The van der Waals surface area contributed by atoms with Crippen molar-refractivity contribution in [2.24, 2.45) is 5.92 Å². The lowest BCUT2D eigenvalue weighted by atomic mass is 9.90. The van der Waals surface area contributed by atoms with Gasteiger partial charge in [-0.2, -0.15) is 0 Å². The van der Waals surface area contributed by atoms with E-state index in [1.807, 2.05) is 25.1 Å². The number of anilines is 1. The second kappa shape index (κ2) is 9.85. The molecule has 2 aliphatic heterocycles. The van der Waals surface area contributed by atoms with E-state index in [2.05, 4.69) is 34.5 Å². The highest BCUT2D eigenvalue weighted by molar-refractivity contribution is 5.92. The largest absolute Gasteiger partial charge is 0.494 e. The molecule has 0 radical (unpaired) electrons. The second-order valence-electron chi connectivity index (χ2n) is 7.95. The molecule has 0 atom stereocenters. The molecule has 160 valence electrons. The van der Waals surface area contributed by atoms with E-state index in [1.165, 1.54) is 12.0 Å². The molecule has 1 fully saturated rings. The normalized spacial score (nSPS) is 16.4. The fourth-order valence-corrected chi connectivity index (χ4v) is 4.10. The van der Waals surface area contributed by atoms with Crippen molar-refractivity contribution in [1.82, 2.24) is 4.90 Å². The van der Waals surface area contributed by atoms with E-state index in [-0.39, 0.29) is 12.7 Å². The van der Waals surface area contributed by atoms with E-state index in [1.54, 1.807) is 0 Å². The van der Waals surface area contributed by atoms with Crippen LogP contribution in [0.3, 0.4) is 0 Å². The van der Waals surface area contributed by atoms with Crippen molar-refractivity contribution in [3.63, 3.8) is 0 Å². The van der Waals surface area contributed by atoms with Crippen LogP contribution in [0, 0.1) is 5.92 Å². The molecular formula is C24H30N2O4. The zero-order valence-corrected chi connectivity index (χ0v) is 17.6. The van der Waals surface area contributed by atoms with E-state index in [0.717, 1.165) is 55.5 Å². The number of fused-ring (bicyclic) bond motifs is 1. The maximum absolute atomic E-state index is 12.4. The van der Waals surface area contributed by atoms with Crippen molar-refractivity contribution in [1.29, 1.82) is 0 Å². The number of aryl methyl sites for hydroxylation is 1. The highest BCUT2D eigenvalue weighted by atomic mass is 16.7. The van der Waals surface area contributed by atoms with Gasteiger partial charge in [-0.25, -0.2) is 0 Å². The molecule has 1 amide bonds. The highest BCUT2D eigenvalue weighted by Crippen LogP contribution is 2.34. The summed E-state index contributed by atoms with van der Waals surface area (Å²) >= 11 is 0. The first-order valence-corrected chi connectivity index (χ1v) is 10.8. The number of hydrogen-bond donors (Lipinski definition) is 1. The number of hydrogen-bond acceptors (Lipinski definition) is 5. The zero-order valence-electron chi connectivity index (χ0n) is 17.6. The second-order valence-corrected chi connectivity index (χ2v) is 7.95. The molecule has 30 heavy (non-hydrogen) atoms. The summed E-state index contributed by atoms with van der Waals surface area (Å²) in [4.78, 5) is 14.7. The summed E-state index contributed by atoms with van der Waals surface area (Å²) in [6.45, 7) is 5.32. The Morgan fingerprint density at radius 1 is 1.10 bits per heavy atom. The minimum Gasteiger partial charge on any atom is -0.494 e. The van der Waals surface area contributed by atoms with E-state index < -0.39 is 0 Å². The van der Waals surface area contributed by atoms with Gasteiger partial charge in [0.05, 0.1) is 13.2 Å². The monoisotopic (exact) mass is 410 g/mol. The number of amides is 1. The predicted octanol–water partition coefficient (Wildman–Crippen LogP) is 4.10. The molecule has 6 heteroatoms. The lowest BCUT2D eigenvalue weighted by Gasteiger charge is -2.31. The van der Waals surface area contributed by atoms with Gasteiger partial charge in [-0.3, -0.25) is 9.69 Å². The minimum atomic E-state index is 0.0155. The van der Waals surface area contributed by atoms with E-state index in [0.29, 0.717) is 18.9 Å². The van der Waals surface area contributed by atoms with Crippen molar-refractivity contribution < 1.29 is 19.0 Å². The topological polar surface area (TPSA) is 60.0 Å². The summed E-state index contributed by atoms with van der Waals surface area (Å²) in [5, 5.41) is 2.96. The Morgan fingerprint density at radius 3 is 2.63 bits per heavy atom. The third-order valence-corrected chi connectivity index (χ3v) is 5.81. The number of carbonyl (C=O) groups is 1. The Bertz CT molecular complexity index is 845. The minimum absolute atomic E-state index is 0.0155. The summed E-state index contributed by atoms with van der Waals surface area (Å²) in [7, 11) is 0. The molecule has 0 spiro atoms. The van der Waals surface area contributed by atoms with E-state index in [4.69, 9.17) is 14.2 Å². The van der Waals surface area contributed by atoms with Crippen LogP contribution >= 0.6 is 0 Å². The Morgan fingerprint density at radius 2 is 1.87 bits per heavy atom. The van der Waals surface area contributed by atoms with Crippen molar-refractivity contribution in [3.05, 3.63) is 48.0 Å². The van der Waals surface area contributed by atoms with Crippen LogP contribution in [0.25, 0.3) is 0 Å². The molecule has 4 rings (SSSR count). The summed E-state index contributed by atoms with van der Waals surface area (Å²) in [6, 6.07) is 13.9. The van der Waals surface area contributed by atoms with Gasteiger partial charge in [0.2, 0.25) is 12.7 Å². The lowest BCUT2D eigenvalue weighted by molar-refractivity contribution is -0.117. The average Bonchev–Trinajstić information content (AvgIpc) is 3.22. The van der Waals surface area contributed by atoms with Crippen LogP contribution in [0.15, 0.2) is 42.5 Å². The molecule has 2 aromatic rings. The number of likely N-dealkylation sites (tertiary alicyclic amines) is 1. The van der Waals surface area contributed by atoms with Gasteiger partial charge >= 0.3 is 0 Å². The van der Waals surface area contributed by atoms with Crippen LogP contribution in [0.1, 0.15) is 31.7 Å². The Kier molecular flexibility index (Phi) is 6.74. The van der Waals surface area contributed by atoms with Gasteiger partial charge in [-0.05, 0) is 81.4 Å². The quantitative estimate of drug-likeness (QED) is 0.710. The average molecular weight is 411 g/mol. The number of piperidine rings is 1. The summed E-state index contributed by atoms with van der Waals surface area (Å²) < 4.78 is 16.2. The first-order chi connectivity index (χ1) is 14.7. The van der Waals surface area contributed by atoms with Gasteiger partial charge < -0.3 is 19.5 Å². The molecule has 0 saturated carbocycles. The standard InChI is InChI=1S/C24H30N2O4/c1-2-28-21-8-5-18(6-9-21)3-4-19-11-13-26(14-12-19)16-24(27)25-20-7-10-22-23(15-20)30-17-29-22/h5-10,15,19H,2-4,11-14,16-17H2,1H3,(H,25,27). The fourth-order valence-electron chi connectivity index (χ4n) is 4.10. The third-order valence-electron chi connectivity index (χ3n) is 5.81. The van der Waals surface area contributed by atoms with Gasteiger partial charge in [0, 0.05) is 11.8 Å². The Balaban J connectivity index is 1.17. The van der Waals surface area contributed by atoms with Gasteiger partial charge in [-0.15, -0.1) is 0 Å². The number of benzene rings is 2. The van der Waals surface area contributed by atoms with Crippen molar-refractivity contribution in [3.8, 4) is 17.2 Å². The molecule has 0 unspecified atom stereocenters. The number of ether oxygens (including phenoxy) is 3. The number of nitrogens with one attached hydrogen (secondary N) is 1. The Labute approximate surface area is 178 Å². The van der Waals surface area contributed by atoms with Crippen molar-refractivity contribution in [2.75, 3.05) is 38.4 Å². The molecule has 2 aliphatic rings. The summed E-state index contributed by atoms with van der Waals surface area (Å²) in [5.41, 5.74) is 2.11. The molecule has 0 aromatic heterocycles. The van der Waals surface area contributed by atoms with Gasteiger partial charge in [0.15, 0.2) is 11.5 Å².